The van der Waals surface area contributed by atoms with E-state index >= 15 is 0 Å². The van der Waals surface area contributed by atoms with E-state index in [0.29, 0.717) is 10.0 Å². The lowest BCUT2D eigenvalue weighted by atomic mass is 10.2. The van der Waals surface area contributed by atoms with Gasteiger partial charge in [0, 0.05) is 17.1 Å². The highest BCUT2D eigenvalue weighted by atomic mass is 35.5. The monoisotopic (exact) mass is 420 g/mol. The number of thiazole rings is 1. The molecule has 0 bridgehead atoms. The SMILES string of the molecule is CCN(C(=O)c1ccc(Cl)cc1Cl)c1nc(-c2ccccc2)sc1C(=O)O. The minimum absolute atomic E-state index is 0.00543. The molecule has 8 heteroatoms. The Labute approximate surface area is 169 Å². The lowest BCUT2D eigenvalue weighted by Gasteiger charge is -2.20. The van der Waals surface area contributed by atoms with E-state index in [1.807, 2.05) is 30.3 Å². The van der Waals surface area contributed by atoms with Crippen LogP contribution in [0.1, 0.15) is 27.0 Å². The summed E-state index contributed by atoms with van der Waals surface area (Å²) in [6, 6.07) is 13.8. The van der Waals surface area contributed by atoms with Gasteiger partial charge in [0.25, 0.3) is 5.91 Å². The fourth-order valence-electron chi connectivity index (χ4n) is 2.54. The molecule has 0 fully saturated rings. The first kappa shape index (κ1) is 19.4. The third-order valence-corrected chi connectivity index (χ3v) is 5.43. The van der Waals surface area contributed by atoms with Crippen LogP contribution < -0.4 is 4.90 Å². The highest BCUT2D eigenvalue weighted by Gasteiger charge is 2.27. The van der Waals surface area contributed by atoms with E-state index in [9.17, 15) is 14.7 Å². The van der Waals surface area contributed by atoms with E-state index in [-0.39, 0.29) is 27.8 Å². The van der Waals surface area contributed by atoms with Gasteiger partial charge in [-0.15, -0.1) is 11.3 Å². The van der Waals surface area contributed by atoms with Gasteiger partial charge < -0.3 is 5.11 Å². The van der Waals surface area contributed by atoms with Gasteiger partial charge in [0.2, 0.25) is 0 Å². The zero-order chi connectivity index (χ0) is 19.6. The Morgan fingerprint density at radius 2 is 1.85 bits per heavy atom. The Bertz CT molecular complexity index is 1010. The van der Waals surface area contributed by atoms with Gasteiger partial charge in [-0.3, -0.25) is 9.69 Å². The first-order valence-corrected chi connectivity index (χ1v) is 9.56. The van der Waals surface area contributed by atoms with Crippen molar-refractivity contribution in [1.82, 2.24) is 4.98 Å². The van der Waals surface area contributed by atoms with E-state index in [0.717, 1.165) is 16.9 Å². The molecular weight excluding hydrogens is 407 g/mol. The summed E-state index contributed by atoms with van der Waals surface area (Å²) in [6.07, 6.45) is 0. The van der Waals surface area contributed by atoms with Crippen LogP contribution in [-0.2, 0) is 0 Å². The van der Waals surface area contributed by atoms with Gasteiger partial charge in [-0.2, -0.15) is 0 Å². The number of carboxylic acids is 1. The fraction of sp³-hybridized carbons (Fsp3) is 0.105. The molecule has 0 saturated heterocycles. The number of aromatic carboxylic acids is 1. The summed E-state index contributed by atoms with van der Waals surface area (Å²) in [5.74, 6) is -1.48. The summed E-state index contributed by atoms with van der Waals surface area (Å²) in [6.45, 7) is 1.98. The first-order valence-electron chi connectivity index (χ1n) is 7.98. The second-order valence-corrected chi connectivity index (χ2v) is 7.36. The molecule has 1 heterocycles. The smallest absolute Gasteiger partial charge is 0.349 e. The van der Waals surface area contributed by atoms with Gasteiger partial charge >= 0.3 is 5.97 Å². The molecular formula is C19H14Cl2N2O3S. The Kier molecular flexibility index (Phi) is 5.79. The normalized spacial score (nSPS) is 10.6. The quantitative estimate of drug-likeness (QED) is 0.592. The number of halogens is 2. The van der Waals surface area contributed by atoms with Gasteiger partial charge in [0.1, 0.15) is 5.01 Å². The number of hydrogen-bond donors (Lipinski definition) is 1. The average molecular weight is 421 g/mol. The summed E-state index contributed by atoms with van der Waals surface area (Å²) in [5.41, 5.74) is 1.01. The van der Waals surface area contributed by atoms with Crippen LogP contribution in [0.25, 0.3) is 10.6 Å². The van der Waals surface area contributed by atoms with Crippen LogP contribution in [0.15, 0.2) is 48.5 Å². The average Bonchev–Trinajstić information content (AvgIpc) is 3.08. The predicted molar refractivity (Wildman–Crippen MR) is 108 cm³/mol. The predicted octanol–water partition coefficient (Wildman–Crippen LogP) is 5.48. The Balaban J connectivity index is 2.08. The molecule has 1 aromatic heterocycles. The maximum atomic E-state index is 13.0. The molecule has 0 radical (unpaired) electrons. The number of rotatable bonds is 5. The van der Waals surface area contributed by atoms with Gasteiger partial charge in [-0.05, 0) is 25.1 Å². The Hall–Kier alpha value is -2.41. The van der Waals surface area contributed by atoms with Crippen molar-refractivity contribution in [1.29, 1.82) is 0 Å². The van der Waals surface area contributed by atoms with E-state index in [2.05, 4.69) is 4.98 Å². The second-order valence-electron chi connectivity index (χ2n) is 5.52. The third kappa shape index (κ3) is 3.98. The van der Waals surface area contributed by atoms with E-state index in [1.54, 1.807) is 13.0 Å². The van der Waals surface area contributed by atoms with Crippen LogP contribution in [0.4, 0.5) is 5.82 Å². The maximum absolute atomic E-state index is 13.0. The van der Waals surface area contributed by atoms with Crippen LogP contribution in [0.3, 0.4) is 0 Å². The molecule has 0 aliphatic heterocycles. The molecule has 27 heavy (non-hydrogen) atoms. The van der Waals surface area contributed by atoms with Gasteiger partial charge in [0.15, 0.2) is 10.7 Å². The summed E-state index contributed by atoms with van der Waals surface area (Å²) in [4.78, 5) is 30.5. The number of carboxylic acid groups (broad SMARTS) is 1. The van der Waals surface area contributed by atoms with Crippen LogP contribution in [0.5, 0.6) is 0 Å². The number of aromatic nitrogens is 1. The molecule has 5 nitrogen and oxygen atoms in total. The van der Waals surface area contributed by atoms with Crippen LogP contribution in [0, 0.1) is 0 Å². The molecule has 0 saturated carbocycles. The fourth-order valence-corrected chi connectivity index (χ4v) is 3.94. The highest BCUT2D eigenvalue weighted by Crippen LogP contribution is 2.34. The van der Waals surface area contributed by atoms with Crippen molar-refractivity contribution < 1.29 is 14.7 Å². The molecule has 2 aromatic carbocycles. The van der Waals surface area contributed by atoms with Crippen molar-refractivity contribution in [3.05, 3.63) is 69.0 Å². The molecule has 3 rings (SSSR count). The van der Waals surface area contributed by atoms with E-state index in [1.165, 1.54) is 17.0 Å². The number of carbonyl (C=O) groups is 2. The van der Waals surface area contributed by atoms with Crippen molar-refractivity contribution in [3.63, 3.8) is 0 Å². The molecule has 0 aliphatic rings. The number of nitrogens with zero attached hydrogens (tertiary/aromatic N) is 2. The number of carbonyl (C=O) groups excluding carboxylic acids is 1. The number of amides is 1. The van der Waals surface area contributed by atoms with Gasteiger partial charge in [0.05, 0.1) is 10.6 Å². The topological polar surface area (TPSA) is 70.5 Å². The minimum Gasteiger partial charge on any atom is -0.477 e. The molecule has 138 valence electrons. The summed E-state index contributed by atoms with van der Waals surface area (Å²) < 4.78 is 0. The standard InChI is InChI=1S/C19H14Cl2N2O3S/c1-2-23(18(24)13-9-8-12(20)10-14(13)21)16-15(19(25)26)27-17(22-16)11-6-4-3-5-7-11/h3-10H,2H2,1H3,(H,25,26). The summed E-state index contributed by atoms with van der Waals surface area (Å²) in [5, 5.41) is 10.7. The number of anilines is 1. The second kappa shape index (κ2) is 8.08. The number of benzene rings is 2. The molecule has 0 spiro atoms. The first-order chi connectivity index (χ1) is 12.9. The summed E-state index contributed by atoms with van der Waals surface area (Å²) in [7, 11) is 0. The Morgan fingerprint density at radius 1 is 1.15 bits per heavy atom. The summed E-state index contributed by atoms with van der Waals surface area (Å²) >= 11 is 13.1. The zero-order valence-corrected chi connectivity index (χ0v) is 16.5. The molecule has 0 atom stereocenters. The molecule has 0 aliphatic carbocycles. The third-order valence-electron chi connectivity index (χ3n) is 3.80. The van der Waals surface area contributed by atoms with E-state index in [4.69, 9.17) is 23.2 Å². The molecule has 1 amide bonds. The number of hydrogen-bond acceptors (Lipinski definition) is 4. The molecule has 0 unspecified atom stereocenters. The van der Waals surface area contributed by atoms with Crippen molar-refractivity contribution in [3.8, 4) is 10.6 Å². The van der Waals surface area contributed by atoms with E-state index < -0.39 is 11.9 Å². The van der Waals surface area contributed by atoms with Crippen molar-refractivity contribution in [2.75, 3.05) is 11.4 Å². The molecule has 3 aromatic rings. The van der Waals surface area contributed by atoms with Crippen LogP contribution in [0.2, 0.25) is 10.0 Å². The van der Waals surface area contributed by atoms with Gasteiger partial charge in [-0.25, -0.2) is 9.78 Å². The van der Waals surface area contributed by atoms with Crippen LogP contribution >= 0.6 is 34.5 Å². The minimum atomic E-state index is -1.14. The van der Waals surface area contributed by atoms with Crippen molar-refractivity contribution >= 4 is 52.2 Å². The largest absolute Gasteiger partial charge is 0.477 e. The highest BCUT2D eigenvalue weighted by molar-refractivity contribution is 7.17. The van der Waals surface area contributed by atoms with Crippen molar-refractivity contribution in [2.24, 2.45) is 0 Å². The zero-order valence-electron chi connectivity index (χ0n) is 14.1. The van der Waals surface area contributed by atoms with Crippen molar-refractivity contribution in [2.45, 2.75) is 6.92 Å². The lowest BCUT2D eigenvalue weighted by Crippen LogP contribution is -2.32. The molecule has 1 N–H and O–H groups in total. The van der Waals surface area contributed by atoms with Crippen LogP contribution in [-0.4, -0.2) is 28.5 Å². The maximum Gasteiger partial charge on any atom is 0.349 e. The van der Waals surface area contributed by atoms with Gasteiger partial charge in [-0.1, -0.05) is 53.5 Å². The lowest BCUT2D eigenvalue weighted by molar-refractivity contribution is 0.0702. The Morgan fingerprint density at radius 3 is 2.44 bits per heavy atom.